The highest BCUT2D eigenvalue weighted by molar-refractivity contribution is 5.92. The molecule has 8 nitrogen and oxygen atoms in total. The topological polar surface area (TPSA) is 109 Å². The molecule has 8 heteroatoms. The van der Waals surface area contributed by atoms with E-state index in [2.05, 4.69) is 4.98 Å². The van der Waals surface area contributed by atoms with Gasteiger partial charge in [-0.3, -0.25) is 9.97 Å². The van der Waals surface area contributed by atoms with Crippen LogP contribution in [0.25, 0.3) is 10.8 Å². The van der Waals surface area contributed by atoms with Gasteiger partial charge < -0.3 is 19.9 Å². The van der Waals surface area contributed by atoms with Crippen LogP contribution in [-0.4, -0.2) is 46.3 Å². The number of aromatic nitrogens is 3. The molecule has 34 heavy (non-hydrogen) atoms. The van der Waals surface area contributed by atoms with E-state index < -0.39 is 11.1 Å². The molecule has 0 aromatic carbocycles. The zero-order chi connectivity index (χ0) is 24.1. The Balaban J connectivity index is 1.52. The van der Waals surface area contributed by atoms with Crippen molar-refractivity contribution in [2.75, 3.05) is 13.7 Å². The number of nitrogens with zero attached hydrogens (tertiary/aromatic N) is 3. The molecule has 1 saturated carbocycles. The minimum absolute atomic E-state index is 0.222. The molecule has 2 aliphatic rings. The Morgan fingerprint density at radius 1 is 1.18 bits per heavy atom. The zero-order valence-electron chi connectivity index (χ0n) is 20.1. The third kappa shape index (κ3) is 4.48. The molecule has 0 radical (unpaired) electrons. The third-order valence-electron chi connectivity index (χ3n) is 6.23. The van der Waals surface area contributed by atoms with Crippen molar-refractivity contribution in [1.82, 2.24) is 15.0 Å². The van der Waals surface area contributed by atoms with Gasteiger partial charge in [0.05, 0.1) is 28.8 Å². The fraction of sp³-hybridized carbons (Fsp3) is 0.462. The van der Waals surface area contributed by atoms with E-state index in [1.807, 2.05) is 32.9 Å². The van der Waals surface area contributed by atoms with E-state index in [9.17, 15) is 4.79 Å². The monoisotopic (exact) mass is 462 g/mol. The zero-order valence-corrected chi connectivity index (χ0v) is 20.1. The van der Waals surface area contributed by atoms with Gasteiger partial charge in [0.15, 0.2) is 0 Å². The summed E-state index contributed by atoms with van der Waals surface area (Å²) < 4.78 is 16.9. The van der Waals surface area contributed by atoms with Crippen molar-refractivity contribution in [2.45, 2.75) is 63.7 Å². The highest BCUT2D eigenvalue weighted by atomic mass is 16.6. The van der Waals surface area contributed by atoms with Crippen LogP contribution in [0.3, 0.4) is 0 Å². The van der Waals surface area contributed by atoms with Gasteiger partial charge in [-0.15, -0.1) is 0 Å². The molecular weight excluding hydrogens is 432 g/mol. The quantitative estimate of drug-likeness (QED) is 0.532. The van der Waals surface area contributed by atoms with Crippen LogP contribution >= 0.6 is 0 Å². The second-order valence-corrected chi connectivity index (χ2v) is 10.2. The van der Waals surface area contributed by atoms with Crippen LogP contribution in [0, 0.1) is 0 Å². The van der Waals surface area contributed by atoms with Gasteiger partial charge in [-0.25, -0.2) is 9.78 Å². The first-order valence-corrected chi connectivity index (χ1v) is 11.6. The maximum Gasteiger partial charge on any atom is 0.340 e. The van der Waals surface area contributed by atoms with E-state index in [1.165, 1.54) is 0 Å². The van der Waals surface area contributed by atoms with Gasteiger partial charge in [0.25, 0.3) is 0 Å². The number of nitrogens with two attached hydrogens (primary N) is 1. The molecule has 3 aromatic heterocycles. The molecule has 3 aromatic rings. The van der Waals surface area contributed by atoms with Crippen molar-refractivity contribution in [1.29, 1.82) is 0 Å². The van der Waals surface area contributed by atoms with Gasteiger partial charge in [0.1, 0.15) is 11.7 Å². The second-order valence-electron chi connectivity index (χ2n) is 10.2. The van der Waals surface area contributed by atoms with E-state index in [4.69, 9.17) is 29.9 Å². The van der Waals surface area contributed by atoms with Crippen LogP contribution in [0.5, 0.6) is 5.88 Å². The summed E-state index contributed by atoms with van der Waals surface area (Å²) in [7, 11) is 1.64. The van der Waals surface area contributed by atoms with Crippen molar-refractivity contribution in [3.05, 3.63) is 58.8 Å². The standard InChI is InChI=1S/C26H30N4O4/c1-25(2)11-22-18(24(31)34-25)8-5-15(30-22)9-16-10-19-20(12-28-16)23(33-17-6-7-17)29-13-21(19)26(3,27)14-32-4/h5,8,10,12-13,17H,6-7,9,11,14,27H2,1-4H3/t26-/m0/s1. The van der Waals surface area contributed by atoms with Crippen LogP contribution < -0.4 is 10.5 Å². The molecule has 178 valence electrons. The Labute approximate surface area is 198 Å². The number of pyridine rings is 3. The summed E-state index contributed by atoms with van der Waals surface area (Å²) >= 11 is 0. The Hall–Kier alpha value is -3.10. The first kappa shape index (κ1) is 22.7. The van der Waals surface area contributed by atoms with Gasteiger partial charge in [0, 0.05) is 49.3 Å². The SMILES string of the molecule is COC[C@](C)(N)c1cnc(OC2CC2)c2cnc(Cc3ccc4c(n3)CC(C)(C)OC4=O)cc12. The molecule has 0 amide bonds. The van der Waals surface area contributed by atoms with E-state index in [0.29, 0.717) is 30.9 Å². The van der Waals surface area contributed by atoms with Crippen molar-refractivity contribution in [3.8, 4) is 5.88 Å². The van der Waals surface area contributed by atoms with Crippen LogP contribution in [0.2, 0.25) is 0 Å². The Bertz CT molecular complexity index is 1270. The summed E-state index contributed by atoms with van der Waals surface area (Å²) in [5, 5.41) is 1.78. The average molecular weight is 463 g/mol. The molecule has 1 atom stereocenters. The minimum Gasteiger partial charge on any atom is -0.474 e. The lowest BCUT2D eigenvalue weighted by atomic mass is 9.91. The Kier molecular flexibility index (Phi) is 5.53. The molecule has 5 rings (SSSR count). The highest BCUT2D eigenvalue weighted by Crippen LogP contribution is 2.35. The summed E-state index contributed by atoms with van der Waals surface area (Å²) in [5.74, 6) is 0.260. The summed E-state index contributed by atoms with van der Waals surface area (Å²) in [6.07, 6.45) is 7.00. The Morgan fingerprint density at radius 2 is 1.97 bits per heavy atom. The molecule has 1 aliphatic heterocycles. The lowest BCUT2D eigenvalue weighted by molar-refractivity contribution is -0.00720. The fourth-order valence-corrected chi connectivity index (χ4v) is 4.42. The molecule has 0 unspecified atom stereocenters. The van der Waals surface area contributed by atoms with E-state index in [1.54, 1.807) is 25.6 Å². The van der Waals surface area contributed by atoms with E-state index >= 15 is 0 Å². The first-order chi connectivity index (χ1) is 16.1. The average Bonchev–Trinajstić information content (AvgIpc) is 3.56. The van der Waals surface area contributed by atoms with E-state index in [0.717, 1.165) is 46.3 Å². The molecule has 0 saturated heterocycles. The summed E-state index contributed by atoms with van der Waals surface area (Å²) in [4.78, 5) is 26.3. The number of fused-ring (bicyclic) bond motifs is 2. The highest BCUT2D eigenvalue weighted by Gasteiger charge is 2.33. The van der Waals surface area contributed by atoms with Gasteiger partial charge in [-0.1, -0.05) is 0 Å². The van der Waals surface area contributed by atoms with Gasteiger partial charge in [-0.2, -0.15) is 0 Å². The number of ether oxygens (including phenoxy) is 3. The van der Waals surface area contributed by atoms with Crippen LogP contribution in [0.4, 0.5) is 0 Å². The molecule has 1 aliphatic carbocycles. The number of carbonyl (C=O) groups is 1. The molecule has 0 bridgehead atoms. The lowest BCUT2D eigenvalue weighted by Gasteiger charge is -2.30. The molecule has 2 N–H and O–H groups in total. The van der Waals surface area contributed by atoms with Crippen LogP contribution in [0.1, 0.15) is 66.6 Å². The van der Waals surface area contributed by atoms with E-state index in [-0.39, 0.29) is 12.1 Å². The number of cyclic esters (lactones) is 1. The number of esters is 1. The largest absolute Gasteiger partial charge is 0.474 e. The third-order valence-corrected chi connectivity index (χ3v) is 6.23. The van der Waals surface area contributed by atoms with Crippen LogP contribution in [0.15, 0.2) is 30.6 Å². The number of carbonyl (C=O) groups excluding carboxylic acids is 1. The number of hydrogen-bond donors (Lipinski definition) is 1. The predicted molar refractivity (Wildman–Crippen MR) is 127 cm³/mol. The maximum absolute atomic E-state index is 12.3. The number of rotatable bonds is 7. The number of hydrogen-bond acceptors (Lipinski definition) is 8. The fourth-order valence-electron chi connectivity index (χ4n) is 4.42. The lowest BCUT2D eigenvalue weighted by Crippen LogP contribution is -2.38. The maximum atomic E-state index is 12.3. The predicted octanol–water partition coefficient (Wildman–Crippen LogP) is 3.47. The van der Waals surface area contributed by atoms with Crippen molar-refractivity contribution >= 4 is 16.7 Å². The molecule has 0 spiro atoms. The smallest absolute Gasteiger partial charge is 0.340 e. The van der Waals surface area contributed by atoms with Crippen molar-refractivity contribution in [3.63, 3.8) is 0 Å². The van der Waals surface area contributed by atoms with Gasteiger partial charge >= 0.3 is 5.97 Å². The van der Waals surface area contributed by atoms with Crippen LogP contribution in [-0.2, 0) is 27.9 Å². The van der Waals surface area contributed by atoms with Gasteiger partial charge in [-0.05, 0) is 57.2 Å². The minimum atomic E-state index is -0.729. The molecule has 4 heterocycles. The Morgan fingerprint density at radius 3 is 2.71 bits per heavy atom. The molecular formula is C26H30N4O4. The summed E-state index contributed by atoms with van der Waals surface area (Å²) in [6.45, 7) is 6.07. The second kappa shape index (κ2) is 8.29. The summed E-state index contributed by atoms with van der Waals surface area (Å²) in [5.41, 5.74) is 9.17. The normalized spacial score (nSPS) is 18.8. The van der Waals surface area contributed by atoms with Gasteiger partial charge in [0.2, 0.25) is 5.88 Å². The van der Waals surface area contributed by atoms with Crippen molar-refractivity contribution in [2.24, 2.45) is 5.73 Å². The van der Waals surface area contributed by atoms with Crippen molar-refractivity contribution < 1.29 is 19.0 Å². The molecule has 1 fully saturated rings. The number of methoxy groups -OCH3 is 1. The first-order valence-electron chi connectivity index (χ1n) is 11.6. The summed E-state index contributed by atoms with van der Waals surface area (Å²) in [6, 6.07) is 5.69.